The quantitative estimate of drug-likeness (QED) is 0.0879. The van der Waals surface area contributed by atoms with Crippen molar-refractivity contribution in [1.29, 1.82) is 0 Å². The molecule has 0 heteroatoms. The molecule has 5 aromatic carbocycles. The summed E-state index contributed by atoms with van der Waals surface area (Å²) in [5, 5.41) is 11.0. The van der Waals surface area contributed by atoms with E-state index in [9.17, 15) is 0 Å². The molecule has 0 fully saturated rings. The third-order valence-electron chi connectivity index (χ3n) is 9.09. The molecule has 0 atom stereocenters. The van der Waals surface area contributed by atoms with E-state index in [1.165, 1.54) is 146 Å². The molecule has 0 saturated carbocycles. The SMILES string of the molecule is CCCCCCCCCc1ccc2cc3cc4cc5ccccc5cc4cc3cc2c1CCCCCCCCC. The van der Waals surface area contributed by atoms with Crippen molar-refractivity contribution in [2.75, 3.05) is 0 Å². The van der Waals surface area contributed by atoms with Gasteiger partial charge in [0, 0.05) is 0 Å². The maximum absolute atomic E-state index is 2.52. The molecule has 40 heavy (non-hydrogen) atoms. The van der Waals surface area contributed by atoms with Crippen LogP contribution in [0.25, 0.3) is 43.1 Å². The summed E-state index contributed by atoms with van der Waals surface area (Å²) in [6.07, 6.45) is 21.7. The van der Waals surface area contributed by atoms with Gasteiger partial charge in [0.05, 0.1) is 0 Å². The highest BCUT2D eigenvalue weighted by molar-refractivity contribution is 6.08. The van der Waals surface area contributed by atoms with Crippen LogP contribution in [0.2, 0.25) is 0 Å². The van der Waals surface area contributed by atoms with E-state index in [1.54, 1.807) is 11.1 Å². The van der Waals surface area contributed by atoms with Crippen LogP contribution in [0.4, 0.5) is 0 Å². The van der Waals surface area contributed by atoms with Gasteiger partial charge in [0.15, 0.2) is 0 Å². The van der Waals surface area contributed by atoms with Gasteiger partial charge in [0.2, 0.25) is 0 Å². The minimum Gasteiger partial charge on any atom is -0.0654 e. The highest BCUT2D eigenvalue weighted by atomic mass is 14.2. The average molecular weight is 531 g/mol. The molecule has 0 saturated heterocycles. The molecule has 0 nitrogen and oxygen atoms in total. The lowest BCUT2D eigenvalue weighted by Crippen LogP contribution is -1.98. The molecule has 0 aromatic heterocycles. The smallest absolute Gasteiger partial charge is 0.0143 e. The highest BCUT2D eigenvalue weighted by Gasteiger charge is 2.11. The second-order valence-electron chi connectivity index (χ2n) is 12.3. The van der Waals surface area contributed by atoms with E-state index in [1.807, 2.05) is 0 Å². The number of benzene rings is 5. The molecule has 210 valence electrons. The third kappa shape index (κ3) is 7.25. The lowest BCUT2D eigenvalue weighted by molar-refractivity contribution is 0.583. The van der Waals surface area contributed by atoms with Gasteiger partial charge in [-0.05, 0) is 116 Å². The van der Waals surface area contributed by atoms with Crippen LogP contribution in [0, 0.1) is 0 Å². The average Bonchev–Trinajstić information content (AvgIpc) is 2.97. The van der Waals surface area contributed by atoms with E-state index in [2.05, 4.69) is 86.6 Å². The van der Waals surface area contributed by atoms with Gasteiger partial charge < -0.3 is 0 Å². The summed E-state index contributed by atoms with van der Waals surface area (Å²) < 4.78 is 0. The van der Waals surface area contributed by atoms with E-state index in [-0.39, 0.29) is 0 Å². The topological polar surface area (TPSA) is 0 Å². The van der Waals surface area contributed by atoms with Gasteiger partial charge in [-0.2, -0.15) is 0 Å². The van der Waals surface area contributed by atoms with Crippen LogP contribution in [-0.2, 0) is 12.8 Å². The molecule has 0 amide bonds. The molecule has 0 bridgehead atoms. The van der Waals surface area contributed by atoms with E-state index in [0.29, 0.717) is 0 Å². The largest absolute Gasteiger partial charge is 0.0654 e. The summed E-state index contributed by atoms with van der Waals surface area (Å²) in [7, 11) is 0. The molecule has 0 unspecified atom stereocenters. The first-order chi connectivity index (χ1) is 19.8. The van der Waals surface area contributed by atoms with E-state index in [4.69, 9.17) is 0 Å². The normalized spacial score (nSPS) is 11.8. The first-order valence-electron chi connectivity index (χ1n) is 16.6. The Labute approximate surface area is 243 Å². The molecule has 0 radical (unpaired) electrons. The van der Waals surface area contributed by atoms with Crippen LogP contribution in [0.3, 0.4) is 0 Å². The molecule has 0 aliphatic rings. The molecular weight excluding hydrogens is 480 g/mol. The summed E-state index contributed by atoms with van der Waals surface area (Å²) >= 11 is 0. The van der Waals surface area contributed by atoms with Crippen molar-refractivity contribution in [2.24, 2.45) is 0 Å². The van der Waals surface area contributed by atoms with E-state index in [0.717, 1.165) is 0 Å². The number of hydrogen-bond acceptors (Lipinski definition) is 0. The summed E-state index contributed by atoms with van der Waals surface area (Å²) in [4.78, 5) is 0. The van der Waals surface area contributed by atoms with E-state index >= 15 is 0 Å². The Bertz CT molecular complexity index is 1520. The van der Waals surface area contributed by atoms with Crippen LogP contribution in [0.1, 0.15) is 115 Å². The zero-order valence-corrected chi connectivity index (χ0v) is 25.2. The van der Waals surface area contributed by atoms with Gasteiger partial charge in [-0.25, -0.2) is 0 Å². The number of hydrogen-bond donors (Lipinski definition) is 0. The van der Waals surface area contributed by atoms with Gasteiger partial charge in [0.1, 0.15) is 0 Å². The van der Waals surface area contributed by atoms with Crippen molar-refractivity contribution in [3.8, 4) is 0 Å². The molecule has 0 heterocycles. The fraction of sp³-hybridized carbons (Fsp3) is 0.450. The maximum Gasteiger partial charge on any atom is -0.0143 e. The zero-order valence-electron chi connectivity index (χ0n) is 25.2. The van der Waals surface area contributed by atoms with Crippen molar-refractivity contribution >= 4 is 43.1 Å². The summed E-state index contributed by atoms with van der Waals surface area (Å²) in [6.45, 7) is 4.61. The first kappa shape index (κ1) is 28.7. The Hall–Kier alpha value is -2.86. The lowest BCUT2D eigenvalue weighted by atomic mass is 9.89. The second kappa shape index (κ2) is 14.7. The summed E-state index contributed by atoms with van der Waals surface area (Å²) in [6, 6.07) is 28.1. The molecule has 0 aliphatic carbocycles. The van der Waals surface area contributed by atoms with Gasteiger partial charge in [-0.3, -0.25) is 0 Å². The molecule has 0 spiro atoms. The second-order valence-corrected chi connectivity index (χ2v) is 12.3. The van der Waals surface area contributed by atoms with Gasteiger partial charge in [-0.15, -0.1) is 0 Å². The minimum absolute atomic E-state index is 1.22. The number of aryl methyl sites for hydroxylation is 2. The molecule has 5 aromatic rings. The van der Waals surface area contributed by atoms with Crippen molar-refractivity contribution in [3.63, 3.8) is 0 Å². The number of fused-ring (bicyclic) bond motifs is 4. The van der Waals surface area contributed by atoms with Crippen molar-refractivity contribution in [2.45, 2.75) is 117 Å². The van der Waals surface area contributed by atoms with Gasteiger partial charge in [0.25, 0.3) is 0 Å². The Kier molecular flexibility index (Phi) is 10.5. The van der Waals surface area contributed by atoms with E-state index < -0.39 is 0 Å². The standard InChI is InChI=1S/C40H50/c1-3-5-7-9-11-13-15-19-31-23-24-34-27-37-28-35-25-32-20-17-18-21-33(32)26-36(35)29-38(37)30-40(34)39(31)22-16-14-12-10-8-6-4-2/h17-18,20-21,23-30H,3-16,19,22H2,1-2H3. The van der Waals surface area contributed by atoms with Crippen LogP contribution in [-0.4, -0.2) is 0 Å². The van der Waals surface area contributed by atoms with Crippen LogP contribution in [0.5, 0.6) is 0 Å². The Morgan fingerprint density at radius 2 is 0.825 bits per heavy atom. The predicted octanol–water partition coefficient (Wildman–Crippen LogP) is 12.9. The molecule has 0 N–H and O–H groups in total. The molecule has 0 aliphatic heterocycles. The highest BCUT2D eigenvalue weighted by Crippen LogP contribution is 2.33. The minimum atomic E-state index is 1.22. The third-order valence-corrected chi connectivity index (χ3v) is 9.09. The van der Waals surface area contributed by atoms with Crippen molar-refractivity contribution in [3.05, 3.63) is 83.9 Å². The summed E-state index contributed by atoms with van der Waals surface area (Å²) in [5.74, 6) is 0. The number of rotatable bonds is 16. The Morgan fingerprint density at radius 1 is 0.375 bits per heavy atom. The van der Waals surface area contributed by atoms with Crippen molar-refractivity contribution < 1.29 is 0 Å². The van der Waals surface area contributed by atoms with Crippen LogP contribution < -0.4 is 0 Å². The van der Waals surface area contributed by atoms with Gasteiger partial charge in [-0.1, -0.05) is 127 Å². The monoisotopic (exact) mass is 530 g/mol. The molecular formula is C40H50. The molecule has 5 rings (SSSR count). The first-order valence-corrected chi connectivity index (χ1v) is 16.6. The van der Waals surface area contributed by atoms with Crippen molar-refractivity contribution in [1.82, 2.24) is 0 Å². The Morgan fingerprint density at radius 3 is 1.40 bits per heavy atom. The fourth-order valence-corrected chi connectivity index (χ4v) is 6.69. The van der Waals surface area contributed by atoms with Crippen LogP contribution >= 0.6 is 0 Å². The van der Waals surface area contributed by atoms with Crippen LogP contribution in [0.15, 0.2) is 72.8 Å². The van der Waals surface area contributed by atoms with Gasteiger partial charge >= 0.3 is 0 Å². The fourth-order valence-electron chi connectivity index (χ4n) is 6.69. The maximum atomic E-state index is 2.52. The number of unbranched alkanes of at least 4 members (excludes halogenated alkanes) is 12. The summed E-state index contributed by atoms with van der Waals surface area (Å²) in [5.41, 5.74) is 3.25. The predicted molar refractivity (Wildman–Crippen MR) is 180 cm³/mol. The zero-order chi connectivity index (χ0) is 27.6. The Balaban J connectivity index is 1.41. The lowest BCUT2D eigenvalue weighted by Gasteiger charge is -2.15.